The molecule has 1 heterocycles. The van der Waals surface area contributed by atoms with E-state index >= 15 is 0 Å². The molecule has 1 aromatic heterocycles. The Kier molecular flexibility index (Phi) is 7.08. The third kappa shape index (κ3) is 6.56. The van der Waals surface area contributed by atoms with Gasteiger partial charge in [0.15, 0.2) is 0 Å². The fraction of sp³-hybridized carbons (Fsp3) is 0.571. The number of hydrogen-bond donors (Lipinski definition) is 3. The van der Waals surface area contributed by atoms with E-state index in [0.717, 1.165) is 12.8 Å². The van der Waals surface area contributed by atoms with Crippen LogP contribution in [0.5, 0.6) is 0 Å². The molecule has 0 saturated heterocycles. The maximum absolute atomic E-state index is 11.8. The van der Waals surface area contributed by atoms with Gasteiger partial charge in [-0.1, -0.05) is 13.3 Å². The Morgan fingerprint density at radius 1 is 1.40 bits per heavy atom. The molecule has 0 aliphatic rings. The summed E-state index contributed by atoms with van der Waals surface area (Å²) in [6.45, 7) is 3.90. The highest BCUT2D eigenvalue weighted by atomic mass is 32.1. The first-order chi connectivity index (χ1) is 9.51. The molecule has 1 aromatic rings. The van der Waals surface area contributed by atoms with Crippen LogP contribution in [-0.2, 0) is 11.2 Å². The lowest BCUT2D eigenvalue weighted by molar-refractivity contribution is -0.137. The molecule has 0 saturated carbocycles. The normalized spacial score (nSPS) is 13.5. The average Bonchev–Trinajstić information content (AvgIpc) is 2.80. The molecule has 6 heteroatoms. The summed E-state index contributed by atoms with van der Waals surface area (Å²) in [7, 11) is 0. The average molecular weight is 298 g/mol. The molecule has 2 unspecified atom stereocenters. The van der Waals surface area contributed by atoms with Crippen LogP contribution < -0.4 is 10.6 Å². The van der Waals surface area contributed by atoms with Crippen LogP contribution in [0.4, 0.5) is 4.79 Å². The standard InChI is InChI=1S/C14H22N2O3S/c1-3-4-12(8-13(17)18)16-14(19)15-10(2)7-11-5-6-20-9-11/h5-6,9-10,12H,3-4,7-8H2,1-2H3,(H,17,18)(H2,15,16,19). The van der Waals surface area contributed by atoms with Gasteiger partial charge in [-0.25, -0.2) is 4.79 Å². The second kappa shape index (κ2) is 8.58. The molecule has 2 amide bonds. The third-order valence-corrected chi connectivity index (χ3v) is 3.62. The molecule has 0 radical (unpaired) electrons. The molecule has 5 nitrogen and oxygen atoms in total. The third-order valence-electron chi connectivity index (χ3n) is 2.89. The van der Waals surface area contributed by atoms with Crippen LogP contribution in [0, 0.1) is 0 Å². The second-order valence-electron chi connectivity index (χ2n) is 4.94. The van der Waals surface area contributed by atoms with Crippen molar-refractivity contribution in [3.05, 3.63) is 22.4 Å². The molecule has 0 aliphatic carbocycles. The minimum Gasteiger partial charge on any atom is -0.481 e. The Hall–Kier alpha value is -1.56. The molecule has 0 aromatic carbocycles. The maximum Gasteiger partial charge on any atom is 0.315 e. The van der Waals surface area contributed by atoms with Crippen LogP contribution >= 0.6 is 11.3 Å². The number of rotatable bonds is 8. The number of carboxylic acids is 1. The van der Waals surface area contributed by atoms with Gasteiger partial charge in [-0.05, 0) is 42.2 Å². The molecule has 0 aliphatic heterocycles. The first kappa shape index (κ1) is 16.5. The predicted octanol–water partition coefficient (Wildman–Crippen LogP) is 2.62. The van der Waals surface area contributed by atoms with Crippen LogP contribution in [0.3, 0.4) is 0 Å². The number of carbonyl (C=O) groups is 2. The number of carbonyl (C=O) groups excluding carboxylic acids is 1. The maximum atomic E-state index is 11.8. The fourth-order valence-electron chi connectivity index (χ4n) is 2.05. The SMILES string of the molecule is CCCC(CC(=O)O)NC(=O)NC(C)Cc1ccsc1. The van der Waals surface area contributed by atoms with Crippen molar-refractivity contribution in [2.24, 2.45) is 0 Å². The van der Waals surface area contributed by atoms with Gasteiger partial charge in [0.2, 0.25) is 0 Å². The summed E-state index contributed by atoms with van der Waals surface area (Å²) < 4.78 is 0. The Balaban J connectivity index is 2.38. The highest BCUT2D eigenvalue weighted by Crippen LogP contribution is 2.08. The quantitative estimate of drug-likeness (QED) is 0.690. The van der Waals surface area contributed by atoms with E-state index in [-0.39, 0.29) is 24.5 Å². The Morgan fingerprint density at radius 2 is 2.15 bits per heavy atom. The number of hydrogen-bond acceptors (Lipinski definition) is 3. The lowest BCUT2D eigenvalue weighted by Gasteiger charge is -2.19. The van der Waals surface area contributed by atoms with E-state index in [1.165, 1.54) is 5.56 Å². The van der Waals surface area contributed by atoms with Crippen LogP contribution in [0.2, 0.25) is 0 Å². The van der Waals surface area contributed by atoms with E-state index in [1.807, 2.05) is 25.3 Å². The summed E-state index contributed by atoms with van der Waals surface area (Å²) in [6, 6.07) is 1.43. The van der Waals surface area contributed by atoms with Crippen molar-refractivity contribution in [2.75, 3.05) is 0 Å². The van der Waals surface area contributed by atoms with Gasteiger partial charge in [0, 0.05) is 12.1 Å². The van der Waals surface area contributed by atoms with Crippen LogP contribution in [-0.4, -0.2) is 29.2 Å². The smallest absolute Gasteiger partial charge is 0.315 e. The molecular formula is C14H22N2O3S. The number of urea groups is 1. The van der Waals surface area contributed by atoms with Crippen LogP contribution in [0.1, 0.15) is 38.7 Å². The Labute approximate surface area is 123 Å². The van der Waals surface area contributed by atoms with E-state index in [1.54, 1.807) is 11.3 Å². The van der Waals surface area contributed by atoms with Gasteiger partial charge in [-0.3, -0.25) is 4.79 Å². The van der Waals surface area contributed by atoms with Gasteiger partial charge < -0.3 is 15.7 Å². The topological polar surface area (TPSA) is 78.4 Å². The zero-order valence-electron chi connectivity index (χ0n) is 11.9. The lowest BCUT2D eigenvalue weighted by atomic mass is 10.1. The van der Waals surface area contributed by atoms with Crippen molar-refractivity contribution in [1.29, 1.82) is 0 Å². The Morgan fingerprint density at radius 3 is 2.70 bits per heavy atom. The van der Waals surface area contributed by atoms with E-state index in [2.05, 4.69) is 16.0 Å². The highest BCUT2D eigenvalue weighted by molar-refractivity contribution is 7.07. The van der Waals surface area contributed by atoms with Gasteiger partial charge in [0.25, 0.3) is 0 Å². The molecule has 112 valence electrons. The van der Waals surface area contributed by atoms with Crippen molar-refractivity contribution in [2.45, 2.75) is 51.6 Å². The fourth-order valence-corrected chi connectivity index (χ4v) is 2.73. The molecule has 1 rings (SSSR count). The van der Waals surface area contributed by atoms with Crippen molar-refractivity contribution in [3.63, 3.8) is 0 Å². The van der Waals surface area contributed by atoms with Crippen molar-refractivity contribution < 1.29 is 14.7 Å². The summed E-state index contributed by atoms with van der Waals surface area (Å²) in [4.78, 5) is 22.6. The monoisotopic (exact) mass is 298 g/mol. The van der Waals surface area contributed by atoms with E-state index < -0.39 is 5.97 Å². The van der Waals surface area contributed by atoms with E-state index in [0.29, 0.717) is 6.42 Å². The van der Waals surface area contributed by atoms with Crippen molar-refractivity contribution >= 4 is 23.3 Å². The predicted molar refractivity (Wildman–Crippen MR) is 80.1 cm³/mol. The minimum atomic E-state index is -0.893. The van der Waals surface area contributed by atoms with Crippen molar-refractivity contribution in [1.82, 2.24) is 10.6 Å². The first-order valence-corrected chi connectivity index (χ1v) is 7.75. The molecule has 2 atom stereocenters. The van der Waals surface area contributed by atoms with Gasteiger partial charge in [0.05, 0.1) is 6.42 Å². The first-order valence-electron chi connectivity index (χ1n) is 6.81. The second-order valence-corrected chi connectivity index (χ2v) is 5.72. The number of thiophene rings is 1. The zero-order chi connectivity index (χ0) is 15.0. The van der Waals surface area contributed by atoms with Gasteiger partial charge >= 0.3 is 12.0 Å². The number of amides is 2. The molecule has 3 N–H and O–H groups in total. The lowest BCUT2D eigenvalue weighted by Crippen LogP contribution is -2.46. The molecule has 20 heavy (non-hydrogen) atoms. The molecular weight excluding hydrogens is 276 g/mol. The number of aliphatic carboxylic acids is 1. The highest BCUT2D eigenvalue weighted by Gasteiger charge is 2.16. The molecule has 0 spiro atoms. The molecule has 0 bridgehead atoms. The van der Waals surface area contributed by atoms with E-state index in [9.17, 15) is 9.59 Å². The van der Waals surface area contributed by atoms with Gasteiger partial charge in [-0.15, -0.1) is 0 Å². The minimum absolute atomic E-state index is 0.0108. The number of carboxylic acid groups (broad SMARTS) is 1. The van der Waals surface area contributed by atoms with Crippen molar-refractivity contribution in [3.8, 4) is 0 Å². The zero-order valence-corrected chi connectivity index (χ0v) is 12.7. The van der Waals surface area contributed by atoms with Gasteiger partial charge in [0.1, 0.15) is 0 Å². The van der Waals surface area contributed by atoms with Crippen LogP contribution in [0.25, 0.3) is 0 Å². The number of nitrogens with one attached hydrogen (secondary N) is 2. The summed E-state index contributed by atoms with van der Waals surface area (Å²) in [6.07, 6.45) is 2.23. The summed E-state index contributed by atoms with van der Waals surface area (Å²) in [5.41, 5.74) is 1.19. The largest absolute Gasteiger partial charge is 0.481 e. The summed E-state index contributed by atoms with van der Waals surface area (Å²) in [5.74, 6) is -0.893. The summed E-state index contributed by atoms with van der Waals surface area (Å²) in [5, 5.41) is 18.4. The van der Waals surface area contributed by atoms with Gasteiger partial charge in [-0.2, -0.15) is 11.3 Å². The van der Waals surface area contributed by atoms with E-state index in [4.69, 9.17) is 5.11 Å². The summed E-state index contributed by atoms with van der Waals surface area (Å²) >= 11 is 1.63. The molecule has 0 fully saturated rings. The van der Waals surface area contributed by atoms with Crippen LogP contribution in [0.15, 0.2) is 16.8 Å². The Bertz CT molecular complexity index is 420.